The van der Waals surface area contributed by atoms with Gasteiger partial charge in [0.05, 0.1) is 23.5 Å². The predicted molar refractivity (Wildman–Crippen MR) is 116 cm³/mol. The van der Waals surface area contributed by atoms with Crippen molar-refractivity contribution in [3.8, 4) is 0 Å². The van der Waals surface area contributed by atoms with Crippen LogP contribution in [-0.4, -0.2) is 24.5 Å². The third-order valence-corrected chi connectivity index (χ3v) is 5.48. The maximum absolute atomic E-state index is 6.13. The smallest absolute Gasteiger partial charge is 0.127 e. The molecule has 0 aromatic heterocycles. The van der Waals surface area contributed by atoms with Crippen molar-refractivity contribution in [1.82, 2.24) is 5.32 Å². The molecule has 5 heteroatoms. The SMILES string of the molecule is CC=Cc1ccc2c(c1)NC(=NCc1cccc(Cl)c1)C1(CCNCC1)N2. The van der Waals surface area contributed by atoms with E-state index in [2.05, 4.69) is 52.4 Å². The van der Waals surface area contributed by atoms with Gasteiger partial charge in [0, 0.05) is 5.02 Å². The minimum atomic E-state index is -0.140. The Bertz CT molecular complexity index is 882. The van der Waals surface area contributed by atoms with Gasteiger partial charge in [0.15, 0.2) is 0 Å². The van der Waals surface area contributed by atoms with Gasteiger partial charge in [-0.3, -0.25) is 4.99 Å². The lowest BCUT2D eigenvalue weighted by Gasteiger charge is -2.44. The number of nitrogens with one attached hydrogen (secondary N) is 3. The number of hydrogen-bond donors (Lipinski definition) is 3. The quantitative estimate of drug-likeness (QED) is 0.707. The van der Waals surface area contributed by atoms with E-state index in [1.165, 1.54) is 5.56 Å². The first-order valence-corrected chi connectivity index (χ1v) is 9.88. The van der Waals surface area contributed by atoms with Crippen LogP contribution in [0.1, 0.15) is 30.9 Å². The van der Waals surface area contributed by atoms with Gasteiger partial charge in [-0.15, -0.1) is 0 Å². The van der Waals surface area contributed by atoms with Crippen LogP contribution in [0.2, 0.25) is 5.02 Å². The van der Waals surface area contributed by atoms with Gasteiger partial charge in [-0.1, -0.05) is 42.0 Å². The highest BCUT2D eigenvalue weighted by Crippen LogP contribution is 2.37. The van der Waals surface area contributed by atoms with E-state index < -0.39 is 0 Å². The van der Waals surface area contributed by atoms with Crippen molar-refractivity contribution in [2.24, 2.45) is 4.99 Å². The number of hydrogen-bond acceptors (Lipinski definition) is 3. The molecule has 4 rings (SSSR count). The predicted octanol–water partition coefficient (Wildman–Crippen LogP) is 4.93. The normalized spacial score (nSPS) is 19.7. The third kappa shape index (κ3) is 3.87. The molecule has 0 amide bonds. The fraction of sp³-hybridized carbons (Fsp3) is 0.318. The lowest BCUT2D eigenvalue weighted by atomic mass is 9.84. The number of allylic oxidation sites excluding steroid dienone is 1. The fourth-order valence-electron chi connectivity index (χ4n) is 3.85. The summed E-state index contributed by atoms with van der Waals surface area (Å²) in [4.78, 5) is 4.98. The molecule has 2 aromatic rings. The Hall–Kier alpha value is -2.30. The molecule has 0 bridgehead atoms. The molecular weight excluding hydrogens is 356 g/mol. The fourth-order valence-corrected chi connectivity index (χ4v) is 4.06. The van der Waals surface area contributed by atoms with Crippen molar-refractivity contribution in [1.29, 1.82) is 0 Å². The molecule has 1 fully saturated rings. The Morgan fingerprint density at radius 3 is 2.74 bits per heavy atom. The van der Waals surface area contributed by atoms with Gasteiger partial charge in [0.25, 0.3) is 0 Å². The van der Waals surface area contributed by atoms with Crippen LogP contribution in [-0.2, 0) is 6.54 Å². The monoisotopic (exact) mass is 380 g/mol. The molecule has 2 aliphatic heterocycles. The van der Waals surface area contributed by atoms with E-state index in [1.54, 1.807) is 0 Å². The van der Waals surface area contributed by atoms with E-state index in [9.17, 15) is 0 Å². The minimum absolute atomic E-state index is 0.140. The van der Waals surface area contributed by atoms with Crippen molar-refractivity contribution in [2.75, 3.05) is 23.7 Å². The summed E-state index contributed by atoms with van der Waals surface area (Å²) in [6.07, 6.45) is 6.18. The standard InChI is InChI=1S/C22H25ClN4/c1-2-4-16-7-8-19-20(14-16)26-21(22(27-19)9-11-24-12-10-22)25-15-17-5-3-6-18(23)13-17/h2-8,13-14,24,27H,9-12,15H2,1H3,(H,25,26). The molecule has 1 spiro atoms. The van der Waals surface area contributed by atoms with Gasteiger partial charge < -0.3 is 16.0 Å². The number of benzene rings is 2. The number of aliphatic imine (C=N–C) groups is 1. The summed E-state index contributed by atoms with van der Waals surface area (Å²) >= 11 is 6.13. The summed E-state index contributed by atoms with van der Waals surface area (Å²) < 4.78 is 0. The summed E-state index contributed by atoms with van der Waals surface area (Å²) in [5.74, 6) is 1.02. The maximum atomic E-state index is 6.13. The third-order valence-electron chi connectivity index (χ3n) is 5.25. The Kier molecular flexibility index (Phi) is 5.19. The maximum Gasteiger partial charge on any atom is 0.127 e. The Morgan fingerprint density at radius 2 is 1.96 bits per heavy atom. The average Bonchev–Trinajstić information content (AvgIpc) is 2.68. The molecule has 2 aliphatic rings. The molecule has 27 heavy (non-hydrogen) atoms. The second kappa shape index (κ2) is 7.75. The molecule has 140 valence electrons. The molecule has 4 nitrogen and oxygen atoms in total. The van der Waals surface area contributed by atoms with Crippen LogP contribution in [0.15, 0.2) is 53.5 Å². The van der Waals surface area contributed by atoms with Crippen LogP contribution < -0.4 is 16.0 Å². The number of fused-ring (bicyclic) bond motifs is 1. The summed E-state index contributed by atoms with van der Waals surface area (Å²) in [6, 6.07) is 14.4. The second-order valence-electron chi connectivity index (χ2n) is 7.18. The number of nitrogens with zero attached hydrogens (tertiary/aromatic N) is 1. The summed E-state index contributed by atoms with van der Waals surface area (Å²) in [7, 11) is 0. The largest absolute Gasteiger partial charge is 0.371 e. The van der Waals surface area contributed by atoms with E-state index in [0.717, 1.165) is 53.7 Å². The van der Waals surface area contributed by atoms with E-state index in [1.807, 2.05) is 25.1 Å². The second-order valence-corrected chi connectivity index (χ2v) is 7.62. The average molecular weight is 381 g/mol. The molecule has 0 saturated carbocycles. The van der Waals surface area contributed by atoms with Crippen molar-refractivity contribution in [3.63, 3.8) is 0 Å². The first kappa shape index (κ1) is 18.1. The van der Waals surface area contributed by atoms with Crippen LogP contribution in [0.5, 0.6) is 0 Å². The van der Waals surface area contributed by atoms with Crippen LogP contribution >= 0.6 is 11.6 Å². The molecule has 2 aromatic carbocycles. The Balaban J connectivity index is 1.68. The van der Waals surface area contributed by atoms with Crippen LogP contribution in [0.4, 0.5) is 11.4 Å². The first-order chi connectivity index (χ1) is 13.2. The molecular formula is C22H25ClN4. The molecule has 0 atom stereocenters. The topological polar surface area (TPSA) is 48.5 Å². The van der Waals surface area contributed by atoms with Gasteiger partial charge in [-0.05, 0) is 68.2 Å². The Morgan fingerprint density at radius 1 is 1.11 bits per heavy atom. The molecule has 0 radical (unpaired) electrons. The highest BCUT2D eigenvalue weighted by Gasteiger charge is 2.40. The number of halogens is 1. The van der Waals surface area contributed by atoms with E-state index in [4.69, 9.17) is 16.6 Å². The van der Waals surface area contributed by atoms with Crippen LogP contribution in [0, 0.1) is 0 Å². The van der Waals surface area contributed by atoms with Gasteiger partial charge in [0.2, 0.25) is 0 Å². The van der Waals surface area contributed by atoms with E-state index in [-0.39, 0.29) is 5.54 Å². The highest BCUT2D eigenvalue weighted by molar-refractivity contribution is 6.30. The van der Waals surface area contributed by atoms with Crippen molar-refractivity contribution < 1.29 is 0 Å². The van der Waals surface area contributed by atoms with Crippen molar-refractivity contribution in [3.05, 3.63) is 64.7 Å². The zero-order valence-electron chi connectivity index (χ0n) is 15.6. The number of anilines is 2. The lowest BCUT2D eigenvalue weighted by molar-refractivity contribution is 0.419. The van der Waals surface area contributed by atoms with Gasteiger partial charge in [-0.25, -0.2) is 0 Å². The molecule has 1 saturated heterocycles. The lowest BCUT2D eigenvalue weighted by Crippen LogP contribution is -2.57. The van der Waals surface area contributed by atoms with Gasteiger partial charge >= 0.3 is 0 Å². The summed E-state index contributed by atoms with van der Waals surface area (Å²) in [6.45, 7) is 4.62. The summed E-state index contributed by atoms with van der Waals surface area (Å²) in [5, 5.41) is 11.6. The highest BCUT2D eigenvalue weighted by atomic mass is 35.5. The number of rotatable bonds is 3. The first-order valence-electron chi connectivity index (χ1n) is 9.51. The van der Waals surface area contributed by atoms with E-state index in [0.29, 0.717) is 6.54 Å². The van der Waals surface area contributed by atoms with Gasteiger partial charge in [-0.2, -0.15) is 0 Å². The van der Waals surface area contributed by atoms with Crippen molar-refractivity contribution >= 4 is 34.9 Å². The molecule has 0 aliphatic carbocycles. The van der Waals surface area contributed by atoms with Crippen LogP contribution in [0.3, 0.4) is 0 Å². The Labute approximate surface area is 165 Å². The number of piperidine rings is 1. The molecule has 0 unspecified atom stereocenters. The molecule has 2 heterocycles. The molecule has 3 N–H and O–H groups in total. The van der Waals surface area contributed by atoms with Crippen LogP contribution in [0.25, 0.3) is 6.08 Å². The van der Waals surface area contributed by atoms with Gasteiger partial charge in [0.1, 0.15) is 5.84 Å². The van der Waals surface area contributed by atoms with E-state index >= 15 is 0 Å². The minimum Gasteiger partial charge on any atom is -0.371 e. The zero-order chi connectivity index (χ0) is 18.7. The summed E-state index contributed by atoms with van der Waals surface area (Å²) in [5.41, 5.74) is 4.39. The van der Waals surface area contributed by atoms with Crippen molar-refractivity contribution in [2.45, 2.75) is 31.8 Å². The number of amidine groups is 1. The zero-order valence-corrected chi connectivity index (χ0v) is 16.3.